The van der Waals surface area contributed by atoms with Gasteiger partial charge in [0.2, 0.25) is 5.91 Å². The Balaban J connectivity index is 2.10. The molecule has 4 nitrogen and oxygen atoms in total. The Morgan fingerprint density at radius 3 is 2.95 bits per heavy atom. The number of hydrogen-bond donors (Lipinski definition) is 0. The standard InChI is InChI=1S/C16H23NO3S/c1-3-9-17(11-15(18)20-4-2)16(19)13-6-5-7-14-12(13)8-10-21-14/h8,10,13H,3-7,9,11H2,1-2H3. The Labute approximate surface area is 130 Å². The van der Waals surface area contributed by atoms with Crippen molar-refractivity contribution in [2.75, 3.05) is 19.7 Å². The minimum absolute atomic E-state index is 0.0660. The van der Waals surface area contributed by atoms with Crippen molar-refractivity contribution in [1.29, 1.82) is 0 Å². The lowest BCUT2D eigenvalue weighted by Crippen LogP contribution is -2.40. The van der Waals surface area contributed by atoms with Crippen molar-refractivity contribution < 1.29 is 14.3 Å². The summed E-state index contributed by atoms with van der Waals surface area (Å²) in [5.41, 5.74) is 1.17. The van der Waals surface area contributed by atoms with Crippen LogP contribution >= 0.6 is 11.3 Å². The SMILES string of the molecule is CCCN(CC(=O)OCC)C(=O)C1CCCc2sccc21. The third kappa shape index (κ3) is 3.84. The third-order valence-electron chi connectivity index (χ3n) is 3.78. The van der Waals surface area contributed by atoms with Crippen molar-refractivity contribution >= 4 is 23.2 Å². The molecule has 1 aliphatic rings. The Hall–Kier alpha value is -1.36. The number of fused-ring (bicyclic) bond motifs is 1. The van der Waals surface area contributed by atoms with Crippen LogP contribution in [0.25, 0.3) is 0 Å². The smallest absolute Gasteiger partial charge is 0.325 e. The van der Waals surface area contributed by atoms with Crippen molar-refractivity contribution in [2.24, 2.45) is 0 Å². The summed E-state index contributed by atoms with van der Waals surface area (Å²) < 4.78 is 4.98. The van der Waals surface area contributed by atoms with Crippen LogP contribution in [0.15, 0.2) is 11.4 Å². The number of carbonyl (C=O) groups excluding carboxylic acids is 2. The molecule has 116 valence electrons. The first-order valence-corrected chi connectivity index (χ1v) is 8.56. The first-order valence-electron chi connectivity index (χ1n) is 7.68. The van der Waals surface area contributed by atoms with E-state index in [0.29, 0.717) is 13.2 Å². The summed E-state index contributed by atoms with van der Waals surface area (Å²) in [5.74, 6) is -0.328. The summed E-state index contributed by atoms with van der Waals surface area (Å²) in [6.07, 6.45) is 3.84. The number of rotatable bonds is 6. The predicted octanol–water partition coefficient (Wildman–Crippen LogP) is 2.97. The van der Waals surface area contributed by atoms with E-state index in [9.17, 15) is 9.59 Å². The second-order valence-electron chi connectivity index (χ2n) is 5.31. The second kappa shape index (κ2) is 7.59. The van der Waals surface area contributed by atoms with Crippen molar-refractivity contribution in [3.63, 3.8) is 0 Å². The minimum atomic E-state index is -0.319. The van der Waals surface area contributed by atoms with Crippen molar-refractivity contribution in [2.45, 2.75) is 45.4 Å². The fourth-order valence-electron chi connectivity index (χ4n) is 2.86. The molecule has 0 fully saturated rings. The molecule has 21 heavy (non-hydrogen) atoms. The van der Waals surface area contributed by atoms with Crippen LogP contribution in [0.4, 0.5) is 0 Å². The molecule has 1 atom stereocenters. The summed E-state index contributed by atoms with van der Waals surface area (Å²) in [6, 6.07) is 2.07. The number of amides is 1. The number of thiophene rings is 1. The fraction of sp³-hybridized carbons (Fsp3) is 0.625. The summed E-state index contributed by atoms with van der Waals surface area (Å²) in [4.78, 5) is 27.5. The Morgan fingerprint density at radius 1 is 1.43 bits per heavy atom. The van der Waals surface area contributed by atoms with Gasteiger partial charge in [0.05, 0.1) is 12.5 Å². The molecule has 0 saturated carbocycles. The molecule has 1 aromatic heterocycles. The van der Waals surface area contributed by atoms with Gasteiger partial charge in [0.25, 0.3) is 0 Å². The Bertz CT molecular complexity index is 497. The largest absolute Gasteiger partial charge is 0.465 e. The van der Waals surface area contributed by atoms with Gasteiger partial charge in [0, 0.05) is 11.4 Å². The van der Waals surface area contributed by atoms with Gasteiger partial charge in [-0.25, -0.2) is 0 Å². The number of carbonyl (C=O) groups is 2. The first-order chi connectivity index (χ1) is 10.2. The second-order valence-corrected chi connectivity index (χ2v) is 6.31. The third-order valence-corrected chi connectivity index (χ3v) is 4.78. The normalized spacial score (nSPS) is 17.1. The van der Waals surface area contributed by atoms with Crippen molar-refractivity contribution in [3.05, 3.63) is 21.9 Å². The Kier molecular flexibility index (Phi) is 5.79. The van der Waals surface area contributed by atoms with E-state index in [4.69, 9.17) is 4.74 Å². The molecule has 1 amide bonds. The zero-order valence-corrected chi connectivity index (χ0v) is 13.6. The van der Waals surface area contributed by atoms with Gasteiger partial charge in [-0.05, 0) is 49.6 Å². The number of aryl methyl sites for hydroxylation is 1. The Morgan fingerprint density at radius 2 is 2.24 bits per heavy atom. The number of nitrogens with zero attached hydrogens (tertiary/aromatic N) is 1. The van der Waals surface area contributed by atoms with Crippen LogP contribution in [0.2, 0.25) is 0 Å². The maximum absolute atomic E-state index is 12.8. The van der Waals surface area contributed by atoms with Gasteiger partial charge in [-0.1, -0.05) is 6.92 Å². The molecule has 0 bridgehead atoms. The molecule has 1 aliphatic carbocycles. The molecular formula is C16H23NO3S. The number of hydrogen-bond acceptors (Lipinski definition) is 4. The molecule has 0 N–H and O–H groups in total. The van der Waals surface area contributed by atoms with Gasteiger partial charge in [-0.2, -0.15) is 0 Å². The van der Waals surface area contributed by atoms with Crippen LogP contribution in [0.3, 0.4) is 0 Å². The van der Waals surface area contributed by atoms with Crippen LogP contribution in [0, 0.1) is 0 Å². The summed E-state index contributed by atoms with van der Waals surface area (Å²) in [7, 11) is 0. The van der Waals surface area contributed by atoms with E-state index in [2.05, 4.69) is 11.4 Å². The highest BCUT2D eigenvalue weighted by atomic mass is 32.1. The number of esters is 1. The lowest BCUT2D eigenvalue weighted by molar-refractivity contribution is -0.149. The van der Waals surface area contributed by atoms with E-state index < -0.39 is 0 Å². The zero-order chi connectivity index (χ0) is 15.2. The van der Waals surface area contributed by atoms with Crippen LogP contribution in [0.1, 0.15) is 49.5 Å². The lowest BCUT2D eigenvalue weighted by atomic mass is 9.86. The molecule has 5 heteroatoms. The molecule has 1 aromatic rings. The molecule has 1 unspecified atom stereocenters. The van der Waals surface area contributed by atoms with Crippen LogP contribution in [0.5, 0.6) is 0 Å². The van der Waals surface area contributed by atoms with Gasteiger partial charge >= 0.3 is 5.97 Å². The van der Waals surface area contributed by atoms with Crippen LogP contribution < -0.4 is 0 Å². The molecule has 0 aromatic carbocycles. The van der Waals surface area contributed by atoms with Gasteiger partial charge < -0.3 is 9.64 Å². The average Bonchev–Trinajstić information content (AvgIpc) is 2.94. The quantitative estimate of drug-likeness (QED) is 0.759. The van der Waals surface area contributed by atoms with E-state index >= 15 is 0 Å². The maximum atomic E-state index is 12.8. The van der Waals surface area contributed by atoms with Gasteiger partial charge in [0.15, 0.2) is 0 Å². The highest BCUT2D eigenvalue weighted by molar-refractivity contribution is 7.10. The molecule has 1 heterocycles. The number of ether oxygens (including phenoxy) is 1. The zero-order valence-electron chi connectivity index (χ0n) is 12.8. The topological polar surface area (TPSA) is 46.6 Å². The van der Waals surface area contributed by atoms with Gasteiger partial charge in [-0.3, -0.25) is 9.59 Å². The lowest BCUT2D eigenvalue weighted by Gasteiger charge is -2.28. The average molecular weight is 309 g/mol. The highest BCUT2D eigenvalue weighted by Gasteiger charge is 2.31. The molecular weight excluding hydrogens is 286 g/mol. The minimum Gasteiger partial charge on any atom is -0.465 e. The molecule has 0 spiro atoms. The van der Waals surface area contributed by atoms with Gasteiger partial charge in [-0.15, -0.1) is 11.3 Å². The summed E-state index contributed by atoms with van der Waals surface area (Å²) >= 11 is 1.73. The van der Waals surface area contributed by atoms with E-state index in [-0.39, 0.29) is 24.3 Å². The molecule has 0 saturated heterocycles. The van der Waals surface area contributed by atoms with Crippen molar-refractivity contribution in [3.8, 4) is 0 Å². The summed E-state index contributed by atoms with van der Waals surface area (Å²) in [6.45, 7) is 4.82. The van der Waals surface area contributed by atoms with E-state index in [0.717, 1.165) is 25.7 Å². The van der Waals surface area contributed by atoms with Crippen LogP contribution in [-0.2, 0) is 20.7 Å². The summed E-state index contributed by atoms with van der Waals surface area (Å²) in [5, 5.41) is 2.06. The molecule has 0 aliphatic heterocycles. The fourth-order valence-corrected chi connectivity index (χ4v) is 3.85. The predicted molar refractivity (Wildman–Crippen MR) is 83.5 cm³/mol. The maximum Gasteiger partial charge on any atom is 0.325 e. The molecule has 0 radical (unpaired) electrons. The molecule has 2 rings (SSSR count). The first kappa shape index (κ1) is 16.0. The monoisotopic (exact) mass is 309 g/mol. The van der Waals surface area contributed by atoms with Crippen molar-refractivity contribution in [1.82, 2.24) is 4.90 Å². The highest BCUT2D eigenvalue weighted by Crippen LogP contribution is 2.36. The van der Waals surface area contributed by atoms with E-state index in [1.165, 1.54) is 10.4 Å². The van der Waals surface area contributed by atoms with Gasteiger partial charge in [0.1, 0.15) is 6.54 Å². The van der Waals surface area contributed by atoms with E-state index in [1.54, 1.807) is 23.2 Å². The van der Waals surface area contributed by atoms with Crippen LogP contribution in [-0.4, -0.2) is 36.5 Å². The van der Waals surface area contributed by atoms with E-state index in [1.807, 2.05) is 6.92 Å².